The highest BCUT2D eigenvalue weighted by atomic mass is 16.2. The monoisotopic (exact) mass is 417 g/mol. The lowest BCUT2D eigenvalue weighted by Crippen LogP contribution is -2.23. The SMILES string of the molecule is O=C(Nc1cccc2c1C(=O)c1ccccc1C2=O)c1ccc(Cc2ccccc2)cc1. The molecule has 4 nitrogen and oxygen atoms in total. The summed E-state index contributed by atoms with van der Waals surface area (Å²) in [6.07, 6.45) is 0.783. The minimum Gasteiger partial charge on any atom is -0.321 e. The van der Waals surface area contributed by atoms with Crippen LogP contribution in [-0.2, 0) is 6.42 Å². The number of anilines is 1. The summed E-state index contributed by atoms with van der Waals surface area (Å²) in [4.78, 5) is 38.9. The van der Waals surface area contributed by atoms with Gasteiger partial charge in [-0.05, 0) is 35.7 Å². The van der Waals surface area contributed by atoms with E-state index in [2.05, 4.69) is 17.4 Å². The number of nitrogens with one attached hydrogen (secondary N) is 1. The lowest BCUT2D eigenvalue weighted by atomic mass is 9.83. The Kier molecular flexibility index (Phi) is 4.96. The second kappa shape index (κ2) is 8.08. The summed E-state index contributed by atoms with van der Waals surface area (Å²) in [5.74, 6) is -0.801. The first kappa shape index (κ1) is 19.6. The molecule has 4 aromatic rings. The molecule has 4 aromatic carbocycles. The van der Waals surface area contributed by atoms with Gasteiger partial charge in [0.05, 0.1) is 11.3 Å². The standard InChI is InChI=1S/C28H19NO3/c30-26-21-9-4-5-10-22(21)27(31)25-23(26)11-6-12-24(25)29-28(32)20-15-13-19(14-16-20)17-18-7-2-1-3-8-18/h1-16H,17H2,(H,29,32). The third-order valence-electron chi connectivity index (χ3n) is 5.67. The topological polar surface area (TPSA) is 63.2 Å². The number of benzene rings is 4. The third kappa shape index (κ3) is 3.52. The summed E-state index contributed by atoms with van der Waals surface area (Å²) < 4.78 is 0. The van der Waals surface area contributed by atoms with Crippen LogP contribution in [0.5, 0.6) is 0 Å². The van der Waals surface area contributed by atoms with Gasteiger partial charge in [-0.2, -0.15) is 0 Å². The van der Waals surface area contributed by atoms with Crippen molar-refractivity contribution in [3.63, 3.8) is 0 Å². The summed E-state index contributed by atoms with van der Waals surface area (Å²) >= 11 is 0. The number of amides is 1. The maximum atomic E-state index is 13.1. The zero-order valence-electron chi connectivity index (χ0n) is 17.2. The molecule has 0 fully saturated rings. The molecule has 0 atom stereocenters. The maximum Gasteiger partial charge on any atom is 0.255 e. The van der Waals surface area contributed by atoms with Crippen LogP contribution in [0.3, 0.4) is 0 Å². The molecule has 1 N–H and O–H groups in total. The summed E-state index contributed by atoms with van der Waals surface area (Å²) in [7, 11) is 0. The van der Waals surface area contributed by atoms with Crippen molar-refractivity contribution in [1.82, 2.24) is 0 Å². The van der Waals surface area contributed by atoms with Crippen LogP contribution in [0.1, 0.15) is 53.3 Å². The molecule has 154 valence electrons. The molecule has 4 heteroatoms. The van der Waals surface area contributed by atoms with Crippen LogP contribution in [0.2, 0.25) is 0 Å². The van der Waals surface area contributed by atoms with Crippen molar-refractivity contribution in [2.24, 2.45) is 0 Å². The van der Waals surface area contributed by atoms with Gasteiger partial charge in [-0.15, -0.1) is 0 Å². The van der Waals surface area contributed by atoms with E-state index in [1.165, 1.54) is 5.56 Å². The molecule has 0 saturated carbocycles. The Morgan fingerprint density at radius 2 is 1.19 bits per heavy atom. The molecule has 0 radical (unpaired) electrons. The van der Waals surface area contributed by atoms with E-state index in [9.17, 15) is 14.4 Å². The quantitative estimate of drug-likeness (QED) is 0.431. The number of carbonyl (C=O) groups excluding carboxylic acids is 3. The first-order chi connectivity index (χ1) is 15.6. The van der Waals surface area contributed by atoms with Crippen molar-refractivity contribution in [2.75, 3.05) is 5.32 Å². The van der Waals surface area contributed by atoms with Gasteiger partial charge in [0.25, 0.3) is 5.91 Å². The molecule has 0 spiro atoms. The first-order valence-corrected chi connectivity index (χ1v) is 10.4. The minimum absolute atomic E-state index is 0.212. The van der Waals surface area contributed by atoms with Crippen LogP contribution in [0.4, 0.5) is 5.69 Å². The van der Waals surface area contributed by atoms with Crippen LogP contribution in [-0.4, -0.2) is 17.5 Å². The predicted octanol–water partition coefficient (Wildman–Crippen LogP) is 5.31. The smallest absolute Gasteiger partial charge is 0.255 e. The molecule has 0 heterocycles. The van der Waals surface area contributed by atoms with Crippen LogP contribution in [0, 0.1) is 0 Å². The Hall–Kier alpha value is -4.31. The van der Waals surface area contributed by atoms with Crippen LogP contribution in [0.15, 0.2) is 97.1 Å². The molecule has 0 aliphatic heterocycles. The van der Waals surface area contributed by atoms with Gasteiger partial charge < -0.3 is 5.32 Å². The summed E-state index contributed by atoms with van der Waals surface area (Å²) in [6.45, 7) is 0. The van der Waals surface area contributed by atoms with E-state index in [1.54, 1.807) is 54.6 Å². The highest BCUT2D eigenvalue weighted by molar-refractivity contribution is 6.30. The second-order valence-electron chi connectivity index (χ2n) is 7.75. The number of ketones is 2. The van der Waals surface area contributed by atoms with E-state index in [4.69, 9.17) is 0 Å². The molecule has 1 aliphatic rings. The second-order valence-corrected chi connectivity index (χ2v) is 7.75. The van der Waals surface area contributed by atoms with Gasteiger partial charge in [-0.25, -0.2) is 0 Å². The summed E-state index contributed by atoms with van der Waals surface area (Å²) in [5, 5.41) is 2.83. The van der Waals surface area contributed by atoms with Gasteiger partial charge in [0, 0.05) is 22.3 Å². The predicted molar refractivity (Wildman–Crippen MR) is 123 cm³/mol. The normalized spacial score (nSPS) is 12.1. The molecule has 1 amide bonds. The van der Waals surface area contributed by atoms with E-state index < -0.39 is 0 Å². The van der Waals surface area contributed by atoms with E-state index in [0.717, 1.165) is 12.0 Å². The molecule has 0 unspecified atom stereocenters. The van der Waals surface area contributed by atoms with Gasteiger partial charge in [0.2, 0.25) is 0 Å². The van der Waals surface area contributed by atoms with E-state index in [-0.39, 0.29) is 23.0 Å². The van der Waals surface area contributed by atoms with E-state index in [0.29, 0.717) is 27.9 Å². The zero-order valence-corrected chi connectivity index (χ0v) is 17.2. The molecule has 32 heavy (non-hydrogen) atoms. The largest absolute Gasteiger partial charge is 0.321 e. The molecule has 1 aliphatic carbocycles. The van der Waals surface area contributed by atoms with Crippen LogP contribution < -0.4 is 5.32 Å². The van der Waals surface area contributed by atoms with Crippen LogP contribution >= 0.6 is 0 Å². The number of rotatable bonds is 4. The molecular weight excluding hydrogens is 398 g/mol. The van der Waals surface area contributed by atoms with Gasteiger partial charge in [-0.1, -0.05) is 78.9 Å². The zero-order chi connectivity index (χ0) is 22.1. The van der Waals surface area contributed by atoms with Crippen molar-refractivity contribution in [3.05, 3.63) is 136 Å². The van der Waals surface area contributed by atoms with Gasteiger partial charge >= 0.3 is 0 Å². The van der Waals surface area contributed by atoms with Crippen molar-refractivity contribution >= 4 is 23.2 Å². The fourth-order valence-electron chi connectivity index (χ4n) is 4.05. The van der Waals surface area contributed by atoms with Gasteiger partial charge in [0.1, 0.15) is 0 Å². The Morgan fingerprint density at radius 3 is 1.91 bits per heavy atom. The van der Waals surface area contributed by atoms with Crippen molar-refractivity contribution in [1.29, 1.82) is 0 Å². The fourth-order valence-corrected chi connectivity index (χ4v) is 4.05. The lowest BCUT2D eigenvalue weighted by Gasteiger charge is -2.20. The lowest BCUT2D eigenvalue weighted by molar-refractivity contribution is 0.0978. The maximum absolute atomic E-state index is 13.1. The average Bonchev–Trinajstić information content (AvgIpc) is 2.83. The average molecular weight is 417 g/mol. The van der Waals surface area contributed by atoms with Crippen molar-refractivity contribution < 1.29 is 14.4 Å². The van der Waals surface area contributed by atoms with Crippen LogP contribution in [0.25, 0.3) is 0 Å². The Morgan fingerprint density at radius 1 is 0.594 bits per heavy atom. The number of carbonyl (C=O) groups is 3. The summed E-state index contributed by atoms with van der Waals surface area (Å²) in [5.41, 5.74) is 4.42. The Balaban J connectivity index is 1.40. The number of hydrogen-bond donors (Lipinski definition) is 1. The third-order valence-corrected chi connectivity index (χ3v) is 5.67. The van der Waals surface area contributed by atoms with E-state index in [1.807, 2.05) is 30.3 Å². The summed E-state index contributed by atoms with van der Waals surface area (Å²) in [6, 6.07) is 29.2. The highest BCUT2D eigenvalue weighted by Gasteiger charge is 2.31. The molecule has 0 aromatic heterocycles. The number of hydrogen-bond acceptors (Lipinski definition) is 3. The van der Waals surface area contributed by atoms with Crippen molar-refractivity contribution in [3.8, 4) is 0 Å². The molecule has 0 bridgehead atoms. The highest BCUT2D eigenvalue weighted by Crippen LogP contribution is 2.32. The van der Waals surface area contributed by atoms with E-state index >= 15 is 0 Å². The van der Waals surface area contributed by atoms with Crippen molar-refractivity contribution in [2.45, 2.75) is 6.42 Å². The molecule has 5 rings (SSSR count). The Labute approximate surface area is 185 Å². The minimum atomic E-state index is -0.330. The van der Waals surface area contributed by atoms with Gasteiger partial charge in [-0.3, -0.25) is 14.4 Å². The first-order valence-electron chi connectivity index (χ1n) is 10.4. The molecular formula is C28H19NO3. The number of fused-ring (bicyclic) bond motifs is 2. The fraction of sp³-hybridized carbons (Fsp3) is 0.0357. The molecule has 0 saturated heterocycles. The van der Waals surface area contributed by atoms with Gasteiger partial charge in [0.15, 0.2) is 11.6 Å². The Bertz CT molecular complexity index is 1360.